The van der Waals surface area contributed by atoms with E-state index in [1.807, 2.05) is 6.92 Å². The summed E-state index contributed by atoms with van der Waals surface area (Å²) in [5.74, 6) is -3.85. The van der Waals surface area contributed by atoms with Crippen LogP contribution in [0.25, 0.3) is 6.08 Å². The van der Waals surface area contributed by atoms with Crippen LogP contribution >= 0.6 is 0 Å². The molecule has 0 amide bonds. The second kappa shape index (κ2) is 6.11. The molecule has 1 aliphatic carbocycles. The smallest absolute Gasteiger partial charge is 0.310 e. The van der Waals surface area contributed by atoms with Gasteiger partial charge in [0.1, 0.15) is 5.76 Å². The third-order valence-corrected chi connectivity index (χ3v) is 3.22. The largest absolute Gasteiger partial charge is 0.431 e. The maximum absolute atomic E-state index is 13.5. The van der Waals surface area contributed by atoms with Gasteiger partial charge >= 0.3 is 5.97 Å². The molecule has 5 heteroatoms. The summed E-state index contributed by atoms with van der Waals surface area (Å²) in [6, 6.07) is 0.923. The molecule has 0 atom stereocenters. The van der Waals surface area contributed by atoms with Crippen LogP contribution < -0.4 is 0 Å². The van der Waals surface area contributed by atoms with E-state index in [-0.39, 0.29) is 23.5 Å². The van der Waals surface area contributed by atoms with E-state index in [9.17, 15) is 18.0 Å². The highest BCUT2D eigenvalue weighted by Gasteiger charge is 2.22. The first kappa shape index (κ1) is 14.6. The molecular formula is C15H15F3O2. The summed E-state index contributed by atoms with van der Waals surface area (Å²) in [5, 5.41) is 0. The predicted octanol–water partition coefficient (Wildman–Crippen LogP) is 4.12. The molecule has 0 aromatic heterocycles. The number of rotatable bonds is 4. The van der Waals surface area contributed by atoms with Crippen LogP contribution in [0.15, 0.2) is 11.8 Å². The zero-order chi connectivity index (χ0) is 14.7. The van der Waals surface area contributed by atoms with Gasteiger partial charge in [0, 0.05) is 12.8 Å². The Morgan fingerprint density at radius 1 is 1.25 bits per heavy atom. The number of ether oxygens (including phenoxy) is 1. The molecule has 0 N–H and O–H groups in total. The SMILES string of the molecule is CCCCC(=O)OC1=Cc2cc(F)c(F)c(F)c2CC1. The Morgan fingerprint density at radius 2 is 2.00 bits per heavy atom. The first-order chi connectivity index (χ1) is 9.52. The molecule has 108 valence electrons. The molecule has 1 aromatic rings. The van der Waals surface area contributed by atoms with Crippen LogP contribution in [0.1, 0.15) is 43.7 Å². The van der Waals surface area contributed by atoms with E-state index >= 15 is 0 Å². The van der Waals surface area contributed by atoms with E-state index in [0.717, 1.165) is 18.9 Å². The van der Waals surface area contributed by atoms with Gasteiger partial charge in [-0.2, -0.15) is 0 Å². The molecule has 0 fully saturated rings. The van der Waals surface area contributed by atoms with E-state index in [1.165, 1.54) is 6.08 Å². The Hall–Kier alpha value is -1.78. The third kappa shape index (κ3) is 3.03. The number of hydrogen-bond donors (Lipinski definition) is 0. The third-order valence-electron chi connectivity index (χ3n) is 3.22. The van der Waals surface area contributed by atoms with Gasteiger partial charge in [0.25, 0.3) is 0 Å². The lowest BCUT2D eigenvalue weighted by Gasteiger charge is -2.17. The summed E-state index contributed by atoms with van der Waals surface area (Å²) < 4.78 is 45.0. The Labute approximate surface area is 115 Å². The molecule has 2 nitrogen and oxygen atoms in total. The highest BCUT2D eigenvalue weighted by Crippen LogP contribution is 2.29. The van der Waals surface area contributed by atoms with Gasteiger partial charge in [-0.1, -0.05) is 13.3 Å². The average Bonchev–Trinajstić information content (AvgIpc) is 2.42. The van der Waals surface area contributed by atoms with Crippen LogP contribution in [0, 0.1) is 17.5 Å². The fourth-order valence-corrected chi connectivity index (χ4v) is 2.13. The number of hydrogen-bond acceptors (Lipinski definition) is 2. The molecule has 0 saturated heterocycles. The number of fused-ring (bicyclic) bond motifs is 1. The number of carbonyl (C=O) groups excluding carboxylic acids is 1. The number of allylic oxidation sites excluding steroid dienone is 1. The highest BCUT2D eigenvalue weighted by atomic mass is 19.2. The van der Waals surface area contributed by atoms with Crippen LogP contribution in [0.2, 0.25) is 0 Å². The second-order valence-corrected chi connectivity index (χ2v) is 4.74. The van der Waals surface area contributed by atoms with Crippen molar-refractivity contribution in [3.05, 3.63) is 40.4 Å². The minimum atomic E-state index is -1.46. The van der Waals surface area contributed by atoms with E-state index in [4.69, 9.17) is 4.74 Å². The van der Waals surface area contributed by atoms with Gasteiger partial charge in [-0.3, -0.25) is 4.79 Å². The second-order valence-electron chi connectivity index (χ2n) is 4.74. The molecule has 0 heterocycles. The first-order valence-corrected chi connectivity index (χ1v) is 6.60. The molecule has 1 aromatic carbocycles. The van der Waals surface area contributed by atoms with Gasteiger partial charge in [0.05, 0.1) is 0 Å². The lowest BCUT2D eigenvalue weighted by Crippen LogP contribution is -2.11. The lowest BCUT2D eigenvalue weighted by molar-refractivity contribution is -0.139. The molecule has 0 unspecified atom stereocenters. The van der Waals surface area contributed by atoms with Gasteiger partial charge in [-0.05, 0) is 36.1 Å². The fraction of sp³-hybridized carbons (Fsp3) is 0.400. The monoisotopic (exact) mass is 284 g/mol. The van der Waals surface area contributed by atoms with Crippen molar-refractivity contribution in [2.24, 2.45) is 0 Å². The van der Waals surface area contributed by atoms with Crippen molar-refractivity contribution >= 4 is 12.0 Å². The standard InChI is InChI=1S/C15H15F3O2/c1-2-3-4-13(19)20-10-5-6-11-9(7-10)8-12(16)15(18)14(11)17/h7-8H,2-6H2,1H3. The lowest BCUT2D eigenvalue weighted by atomic mass is 9.95. The van der Waals surface area contributed by atoms with E-state index in [0.29, 0.717) is 18.6 Å². The fourth-order valence-electron chi connectivity index (χ4n) is 2.13. The van der Waals surface area contributed by atoms with Crippen molar-refractivity contribution in [1.82, 2.24) is 0 Å². The minimum Gasteiger partial charge on any atom is -0.431 e. The molecule has 1 aliphatic rings. The van der Waals surface area contributed by atoms with Crippen molar-refractivity contribution in [3.63, 3.8) is 0 Å². The Balaban J connectivity index is 2.19. The van der Waals surface area contributed by atoms with Gasteiger partial charge < -0.3 is 4.74 Å². The van der Waals surface area contributed by atoms with E-state index < -0.39 is 17.5 Å². The molecule has 20 heavy (non-hydrogen) atoms. The molecule has 0 aliphatic heterocycles. The Kier molecular flexibility index (Phi) is 4.47. The number of benzene rings is 1. The Bertz CT molecular complexity index is 565. The average molecular weight is 284 g/mol. The molecule has 0 saturated carbocycles. The summed E-state index contributed by atoms with van der Waals surface area (Å²) in [6.45, 7) is 1.96. The predicted molar refractivity (Wildman–Crippen MR) is 68.2 cm³/mol. The molecular weight excluding hydrogens is 269 g/mol. The van der Waals surface area contributed by atoms with Gasteiger partial charge in [0.2, 0.25) is 0 Å². The molecule has 0 spiro atoms. The maximum Gasteiger partial charge on any atom is 0.310 e. The van der Waals surface area contributed by atoms with Crippen LogP contribution in [-0.4, -0.2) is 5.97 Å². The summed E-state index contributed by atoms with van der Waals surface area (Å²) in [6.07, 6.45) is 3.81. The number of halogens is 3. The van der Waals surface area contributed by atoms with Crippen molar-refractivity contribution < 1.29 is 22.7 Å². The first-order valence-electron chi connectivity index (χ1n) is 6.60. The van der Waals surface area contributed by atoms with E-state index in [2.05, 4.69) is 0 Å². The van der Waals surface area contributed by atoms with E-state index in [1.54, 1.807) is 0 Å². The van der Waals surface area contributed by atoms with Gasteiger partial charge in [-0.15, -0.1) is 0 Å². The molecule has 2 rings (SSSR count). The maximum atomic E-state index is 13.5. The minimum absolute atomic E-state index is 0.122. The highest BCUT2D eigenvalue weighted by molar-refractivity contribution is 5.72. The zero-order valence-corrected chi connectivity index (χ0v) is 11.1. The Morgan fingerprint density at radius 3 is 2.70 bits per heavy atom. The van der Waals surface area contributed by atoms with Crippen molar-refractivity contribution in [1.29, 1.82) is 0 Å². The number of unbranched alkanes of at least 4 members (excludes halogenated alkanes) is 1. The zero-order valence-electron chi connectivity index (χ0n) is 11.1. The topological polar surface area (TPSA) is 26.3 Å². The molecule has 0 radical (unpaired) electrons. The quantitative estimate of drug-likeness (QED) is 0.614. The van der Waals surface area contributed by atoms with Crippen LogP contribution in [0.4, 0.5) is 13.2 Å². The van der Waals surface area contributed by atoms with Gasteiger partial charge in [0.15, 0.2) is 17.5 Å². The number of carbonyl (C=O) groups is 1. The van der Waals surface area contributed by atoms with Crippen LogP contribution in [-0.2, 0) is 16.0 Å². The molecule has 0 bridgehead atoms. The van der Waals surface area contributed by atoms with Crippen LogP contribution in [0.5, 0.6) is 0 Å². The van der Waals surface area contributed by atoms with Crippen LogP contribution in [0.3, 0.4) is 0 Å². The summed E-state index contributed by atoms with van der Waals surface area (Å²) in [4.78, 5) is 11.5. The summed E-state index contributed by atoms with van der Waals surface area (Å²) in [7, 11) is 0. The van der Waals surface area contributed by atoms with Crippen molar-refractivity contribution in [3.8, 4) is 0 Å². The normalized spacial score (nSPS) is 13.7. The number of esters is 1. The van der Waals surface area contributed by atoms with Crippen molar-refractivity contribution in [2.45, 2.75) is 39.0 Å². The van der Waals surface area contributed by atoms with Crippen molar-refractivity contribution in [2.75, 3.05) is 0 Å². The van der Waals surface area contributed by atoms with Gasteiger partial charge in [-0.25, -0.2) is 13.2 Å². The summed E-state index contributed by atoms with van der Waals surface area (Å²) in [5.41, 5.74) is 0.350. The summed E-state index contributed by atoms with van der Waals surface area (Å²) >= 11 is 0.